The molecule has 0 N–H and O–H groups in total. The van der Waals surface area contributed by atoms with Crippen LogP contribution in [0.1, 0.15) is 27.2 Å². The summed E-state index contributed by atoms with van der Waals surface area (Å²) < 4.78 is 1.55. The lowest BCUT2D eigenvalue weighted by atomic mass is 9.92. The fraction of sp³-hybridized carbons (Fsp3) is 0.588. The molecule has 0 unspecified atom stereocenters. The van der Waals surface area contributed by atoms with Crippen LogP contribution in [-0.2, 0) is 11.8 Å². The Morgan fingerprint density at radius 3 is 2.71 bits per heavy atom. The van der Waals surface area contributed by atoms with Gasteiger partial charge in [0, 0.05) is 20.1 Å². The number of carbonyl (C=O) groups is 1. The molecule has 1 amide bonds. The first-order valence-electron chi connectivity index (χ1n) is 8.26. The van der Waals surface area contributed by atoms with Gasteiger partial charge < -0.3 is 4.90 Å². The van der Waals surface area contributed by atoms with Crippen LogP contribution in [0.4, 0.5) is 0 Å². The summed E-state index contributed by atoms with van der Waals surface area (Å²) in [5.41, 5.74) is -0.0522. The average Bonchev–Trinajstić information content (AvgIpc) is 2.99. The molecule has 0 spiro atoms. The lowest BCUT2D eigenvalue weighted by molar-refractivity contribution is -0.132. The molecule has 1 saturated heterocycles. The molecule has 0 bridgehead atoms. The van der Waals surface area contributed by atoms with E-state index in [-0.39, 0.29) is 16.7 Å². The molecule has 1 aliphatic heterocycles. The SMILES string of the molecule is C[C@@H]1C[C@@H](C)CN(C(=O)[C@@H](C)Sc2nc3sccc3c(=O)n2C)C1. The highest BCUT2D eigenvalue weighted by Crippen LogP contribution is 2.27. The summed E-state index contributed by atoms with van der Waals surface area (Å²) in [7, 11) is 1.72. The molecule has 3 rings (SSSR count). The van der Waals surface area contributed by atoms with Gasteiger partial charge >= 0.3 is 0 Å². The zero-order valence-corrected chi connectivity index (χ0v) is 16.1. The number of hydrogen-bond acceptors (Lipinski definition) is 5. The zero-order valence-electron chi connectivity index (χ0n) is 14.5. The van der Waals surface area contributed by atoms with Gasteiger partial charge in [0.15, 0.2) is 5.16 Å². The molecule has 0 aliphatic carbocycles. The third-order valence-electron chi connectivity index (χ3n) is 4.47. The Balaban J connectivity index is 1.79. The van der Waals surface area contributed by atoms with Crippen molar-refractivity contribution < 1.29 is 4.79 Å². The summed E-state index contributed by atoms with van der Waals surface area (Å²) in [6.45, 7) is 7.95. The van der Waals surface area contributed by atoms with Gasteiger partial charge in [0.2, 0.25) is 5.91 Å². The largest absolute Gasteiger partial charge is 0.341 e. The molecule has 1 aliphatic rings. The summed E-state index contributed by atoms with van der Waals surface area (Å²) in [6.07, 6.45) is 1.18. The standard InChI is InChI=1S/C17H23N3O2S2/c1-10-7-11(2)9-20(8-10)15(21)12(3)24-17-18-14-13(5-6-23-14)16(22)19(17)4/h5-6,10-12H,7-9H2,1-4H3/t10-,11-,12-/m1/s1. The van der Waals surface area contributed by atoms with Crippen molar-refractivity contribution in [2.45, 2.75) is 37.6 Å². The monoisotopic (exact) mass is 365 g/mol. The first-order chi connectivity index (χ1) is 11.4. The number of fused-ring (bicyclic) bond motifs is 1. The van der Waals surface area contributed by atoms with Crippen molar-refractivity contribution in [3.63, 3.8) is 0 Å². The van der Waals surface area contributed by atoms with E-state index in [4.69, 9.17) is 0 Å². The number of thioether (sulfide) groups is 1. The van der Waals surface area contributed by atoms with Crippen LogP contribution in [0.5, 0.6) is 0 Å². The predicted octanol–water partition coefficient (Wildman–Crippen LogP) is 2.98. The molecule has 7 heteroatoms. The van der Waals surface area contributed by atoms with Gasteiger partial charge in [-0.1, -0.05) is 25.6 Å². The third kappa shape index (κ3) is 3.37. The van der Waals surface area contributed by atoms with Crippen LogP contribution in [0.3, 0.4) is 0 Å². The molecule has 0 saturated carbocycles. The van der Waals surface area contributed by atoms with Gasteiger partial charge in [-0.15, -0.1) is 11.3 Å². The second-order valence-electron chi connectivity index (χ2n) is 6.85. The predicted molar refractivity (Wildman–Crippen MR) is 99.7 cm³/mol. The molecule has 2 aromatic rings. The van der Waals surface area contributed by atoms with Crippen LogP contribution in [0.15, 0.2) is 21.4 Å². The molecule has 1 fully saturated rings. The Morgan fingerprint density at radius 2 is 2.04 bits per heavy atom. The summed E-state index contributed by atoms with van der Waals surface area (Å²) in [5.74, 6) is 1.22. The van der Waals surface area contributed by atoms with Crippen LogP contribution in [0, 0.1) is 11.8 Å². The second-order valence-corrected chi connectivity index (χ2v) is 9.05. The Kier molecular flexibility index (Phi) is 5.01. The first-order valence-corrected chi connectivity index (χ1v) is 10.0. The quantitative estimate of drug-likeness (QED) is 0.620. The van der Waals surface area contributed by atoms with E-state index in [1.54, 1.807) is 17.7 Å². The fourth-order valence-electron chi connectivity index (χ4n) is 3.39. The summed E-state index contributed by atoms with van der Waals surface area (Å²) in [6, 6.07) is 1.80. The first kappa shape index (κ1) is 17.5. The number of aromatic nitrogens is 2. The molecule has 3 atom stereocenters. The molecule has 0 radical (unpaired) electrons. The highest BCUT2D eigenvalue weighted by Gasteiger charge is 2.29. The number of amides is 1. The molecule has 24 heavy (non-hydrogen) atoms. The van der Waals surface area contributed by atoms with Gasteiger partial charge in [-0.05, 0) is 36.6 Å². The number of rotatable bonds is 3. The van der Waals surface area contributed by atoms with Crippen LogP contribution in [0.2, 0.25) is 0 Å². The maximum atomic E-state index is 12.8. The van der Waals surface area contributed by atoms with Crippen molar-refractivity contribution in [3.8, 4) is 0 Å². The highest BCUT2D eigenvalue weighted by atomic mass is 32.2. The molecule has 130 valence electrons. The molecule has 0 aromatic carbocycles. The number of thiophene rings is 1. The maximum absolute atomic E-state index is 12.8. The van der Waals surface area contributed by atoms with Gasteiger partial charge in [-0.2, -0.15) is 0 Å². The van der Waals surface area contributed by atoms with Gasteiger partial charge in [-0.25, -0.2) is 4.98 Å². The lowest BCUT2D eigenvalue weighted by Gasteiger charge is -2.36. The molecule has 5 nitrogen and oxygen atoms in total. The fourth-order valence-corrected chi connectivity index (χ4v) is 5.16. The Hall–Kier alpha value is -1.34. The summed E-state index contributed by atoms with van der Waals surface area (Å²) in [5, 5.41) is 2.87. The van der Waals surface area contributed by atoms with Crippen LogP contribution < -0.4 is 5.56 Å². The number of likely N-dealkylation sites (tertiary alicyclic amines) is 1. The zero-order chi connectivity index (χ0) is 17.4. The minimum atomic E-state index is -0.252. The van der Waals surface area contributed by atoms with Crippen molar-refractivity contribution >= 4 is 39.2 Å². The van der Waals surface area contributed by atoms with E-state index in [2.05, 4.69) is 18.8 Å². The van der Waals surface area contributed by atoms with Gasteiger partial charge in [0.05, 0.1) is 10.6 Å². The second kappa shape index (κ2) is 6.88. The van der Waals surface area contributed by atoms with Crippen molar-refractivity contribution in [1.82, 2.24) is 14.5 Å². The average molecular weight is 366 g/mol. The van der Waals surface area contributed by atoms with Crippen molar-refractivity contribution in [2.75, 3.05) is 13.1 Å². The van der Waals surface area contributed by atoms with E-state index >= 15 is 0 Å². The van der Waals surface area contributed by atoms with Crippen molar-refractivity contribution in [1.29, 1.82) is 0 Å². The number of carbonyl (C=O) groups excluding carboxylic acids is 1. The Bertz CT molecular complexity index is 804. The molecular formula is C17H23N3O2S2. The highest BCUT2D eigenvalue weighted by molar-refractivity contribution is 8.00. The number of nitrogens with zero attached hydrogens (tertiary/aromatic N) is 3. The molecular weight excluding hydrogens is 342 g/mol. The number of hydrogen-bond donors (Lipinski definition) is 0. The van der Waals surface area contributed by atoms with Gasteiger partial charge in [-0.3, -0.25) is 14.2 Å². The molecule has 2 aromatic heterocycles. The normalized spacial score (nSPS) is 22.8. The smallest absolute Gasteiger partial charge is 0.262 e. The van der Waals surface area contributed by atoms with E-state index in [0.29, 0.717) is 22.4 Å². The van der Waals surface area contributed by atoms with E-state index < -0.39 is 0 Å². The summed E-state index contributed by atoms with van der Waals surface area (Å²) >= 11 is 2.83. The third-order valence-corrected chi connectivity index (χ3v) is 6.41. The van der Waals surface area contributed by atoms with E-state index in [1.807, 2.05) is 17.2 Å². The number of piperidine rings is 1. The maximum Gasteiger partial charge on any atom is 0.262 e. The topological polar surface area (TPSA) is 55.2 Å². The van der Waals surface area contributed by atoms with Crippen molar-refractivity contribution in [3.05, 3.63) is 21.8 Å². The minimum absolute atomic E-state index is 0.0522. The van der Waals surface area contributed by atoms with Crippen molar-refractivity contribution in [2.24, 2.45) is 18.9 Å². The van der Waals surface area contributed by atoms with E-state index in [9.17, 15) is 9.59 Å². The van der Waals surface area contributed by atoms with Crippen LogP contribution in [0.25, 0.3) is 10.2 Å². The van der Waals surface area contributed by atoms with Crippen LogP contribution in [-0.4, -0.2) is 38.7 Å². The van der Waals surface area contributed by atoms with E-state index in [1.165, 1.54) is 29.5 Å². The van der Waals surface area contributed by atoms with Gasteiger partial charge in [0.25, 0.3) is 5.56 Å². The summed E-state index contributed by atoms with van der Waals surface area (Å²) in [4.78, 5) is 32.4. The lowest BCUT2D eigenvalue weighted by Crippen LogP contribution is -2.45. The molecule has 3 heterocycles. The van der Waals surface area contributed by atoms with Gasteiger partial charge in [0.1, 0.15) is 4.83 Å². The minimum Gasteiger partial charge on any atom is -0.341 e. The van der Waals surface area contributed by atoms with E-state index in [0.717, 1.165) is 17.9 Å². The Morgan fingerprint density at radius 1 is 1.38 bits per heavy atom. The Labute approximate surface area is 150 Å². The van der Waals surface area contributed by atoms with Crippen LogP contribution >= 0.6 is 23.1 Å².